The van der Waals surface area contributed by atoms with Crippen molar-refractivity contribution in [2.75, 3.05) is 13.2 Å². The average Bonchev–Trinajstić information content (AvgIpc) is 2.61. The molecule has 1 saturated heterocycles. The second-order valence-corrected chi connectivity index (χ2v) is 5.72. The lowest BCUT2D eigenvalue weighted by Gasteiger charge is -2.27. The smallest absolute Gasteiger partial charge is 0.194 e. The van der Waals surface area contributed by atoms with Gasteiger partial charge < -0.3 is 9.47 Å². The first kappa shape index (κ1) is 20.3. The maximum absolute atomic E-state index is 14.3. The van der Waals surface area contributed by atoms with Crippen LogP contribution in [0.3, 0.4) is 0 Å². The second-order valence-electron chi connectivity index (χ2n) is 5.72. The normalized spacial score (nSPS) is 19.7. The van der Waals surface area contributed by atoms with E-state index in [1.807, 2.05) is 20.8 Å². The van der Waals surface area contributed by atoms with Gasteiger partial charge in [0.2, 0.25) is 0 Å². The van der Waals surface area contributed by atoms with Gasteiger partial charge in [0, 0.05) is 11.5 Å². The van der Waals surface area contributed by atoms with Gasteiger partial charge in [-0.3, -0.25) is 0 Å². The van der Waals surface area contributed by atoms with Crippen LogP contribution in [0, 0.1) is 35.0 Å². The Labute approximate surface area is 148 Å². The summed E-state index contributed by atoms with van der Waals surface area (Å²) < 4.78 is 78.9. The summed E-state index contributed by atoms with van der Waals surface area (Å²) in [6.45, 7) is 6.66. The van der Waals surface area contributed by atoms with Crippen molar-refractivity contribution in [2.24, 2.45) is 5.92 Å². The van der Waals surface area contributed by atoms with E-state index < -0.39 is 46.5 Å². The van der Waals surface area contributed by atoms with Crippen molar-refractivity contribution in [1.29, 1.82) is 0 Å². The number of ether oxygens (including phenoxy) is 2. The Balaban J connectivity index is 0.00000117. The third kappa shape index (κ3) is 4.22. The molecule has 0 saturated carbocycles. The van der Waals surface area contributed by atoms with Crippen molar-refractivity contribution in [3.8, 4) is 11.1 Å². The highest BCUT2D eigenvalue weighted by Crippen LogP contribution is 2.33. The van der Waals surface area contributed by atoms with Crippen LogP contribution in [-0.4, -0.2) is 13.2 Å². The third-order valence-corrected chi connectivity index (χ3v) is 3.67. The molecule has 2 aromatic rings. The zero-order chi connectivity index (χ0) is 19.4. The predicted octanol–water partition coefficient (Wildman–Crippen LogP) is 5.76. The number of halogens is 5. The second kappa shape index (κ2) is 8.60. The molecule has 0 aliphatic carbocycles. The Morgan fingerprint density at radius 1 is 0.769 bits per heavy atom. The molecule has 0 radical (unpaired) electrons. The standard InChI is InChI=1S/C17H13F5O2.C2H6/c1-8-6-23-17(24-7-8)10-4-11(18)15(12(19)5-10)9-2-13(20)16(22)14(21)3-9;1-2/h2-5,8,17H,6-7H2,1H3;1-2H3. The van der Waals surface area contributed by atoms with E-state index in [9.17, 15) is 22.0 Å². The van der Waals surface area contributed by atoms with Crippen LogP contribution in [0.2, 0.25) is 0 Å². The molecule has 1 heterocycles. The van der Waals surface area contributed by atoms with Crippen LogP contribution in [0.4, 0.5) is 22.0 Å². The molecule has 0 N–H and O–H groups in total. The Bertz CT molecular complexity index is 725. The van der Waals surface area contributed by atoms with Crippen LogP contribution in [0.15, 0.2) is 24.3 Å². The van der Waals surface area contributed by atoms with E-state index in [1.54, 1.807) is 0 Å². The Kier molecular flexibility index (Phi) is 6.72. The van der Waals surface area contributed by atoms with Crippen molar-refractivity contribution in [3.63, 3.8) is 0 Å². The number of hydrogen-bond acceptors (Lipinski definition) is 2. The van der Waals surface area contributed by atoms with E-state index in [0.29, 0.717) is 25.3 Å². The molecule has 0 spiro atoms. The highest BCUT2D eigenvalue weighted by atomic mass is 19.2. The zero-order valence-electron chi connectivity index (χ0n) is 14.6. The van der Waals surface area contributed by atoms with Crippen LogP contribution in [0.25, 0.3) is 11.1 Å². The van der Waals surface area contributed by atoms with Gasteiger partial charge >= 0.3 is 0 Å². The molecule has 1 fully saturated rings. The van der Waals surface area contributed by atoms with Crippen molar-refractivity contribution < 1.29 is 31.4 Å². The van der Waals surface area contributed by atoms with Crippen LogP contribution in [-0.2, 0) is 9.47 Å². The van der Waals surface area contributed by atoms with Gasteiger partial charge in [-0.15, -0.1) is 0 Å². The molecule has 0 unspecified atom stereocenters. The van der Waals surface area contributed by atoms with Gasteiger partial charge in [0.15, 0.2) is 23.7 Å². The summed E-state index contributed by atoms with van der Waals surface area (Å²) in [4.78, 5) is 0. The first-order valence-electron chi connectivity index (χ1n) is 8.24. The van der Waals surface area contributed by atoms with Gasteiger partial charge in [0.1, 0.15) is 11.6 Å². The molecule has 0 atom stereocenters. The van der Waals surface area contributed by atoms with E-state index in [-0.39, 0.29) is 11.5 Å². The van der Waals surface area contributed by atoms with Crippen LogP contribution in [0.1, 0.15) is 32.6 Å². The van der Waals surface area contributed by atoms with Gasteiger partial charge in [-0.05, 0) is 29.8 Å². The molecule has 0 bridgehead atoms. The van der Waals surface area contributed by atoms with Gasteiger partial charge in [-0.25, -0.2) is 22.0 Å². The number of rotatable bonds is 2. The van der Waals surface area contributed by atoms with E-state index in [0.717, 1.165) is 12.1 Å². The molecule has 7 heteroatoms. The zero-order valence-corrected chi connectivity index (χ0v) is 14.6. The largest absolute Gasteiger partial charge is 0.348 e. The van der Waals surface area contributed by atoms with Crippen LogP contribution in [0.5, 0.6) is 0 Å². The Morgan fingerprint density at radius 3 is 1.69 bits per heavy atom. The van der Waals surface area contributed by atoms with Crippen molar-refractivity contribution in [1.82, 2.24) is 0 Å². The maximum Gasteiger partial charge on any atom is 0.194 e. The molecule has 142 valence electrons. The first-order valence-corrected chi connectivity index (χ1v) is 8.24. The molecule has 1 aliphatic heterocycles. The van der Waals surface area contributed by atoms with Gasteiger partial charge in [-0.2, -0.15) is 0 Å². The summed E-state index contributed by atoms with van der Waals surface area (Å²) >= 11 is 0. The number of hydrogen-bond donors (Lipinski definition) is 0. The lowest BCUT2D eigenvalue weighted by atomic mass is 10.0. The summed E-state index contributed by atoms with van der Waals surface area (Å²) in [7, 11) is 0. The summed E-state index contributed by atoms with van der Waals surface area (Å²) in [6, 6.07) is 3.01. The lowest BCUT2D eigenvalue weighted by molar-refractivity contribution is -0.202. The third-order valence-electron chi connectivity index (χ3n) is 3.67. The van der Waals surface area contributed by atoms with E-state index in [1.165, 1.54) is 0 Å². The molecule has 2 aromatic carbocycles. The predicted molar refractivity (Wildman–Crippen MR) is 86.8 cm³/mol. The highest BCUT2D eigenvalue weighted by Gasteiger charge is 2.24. The van der Waals surface area contributed by atoms with E-state index in [4.69, 9.17) is 9.47 Å². The van der Waals surface area contributed by atoms with E-state index in [2.05, 4.69) is 0 Å². The number of benzene rings is 2. The minimum atomic E-state index is -1.70. The first-order chi connectivity index (χ1) is 12.4. The fourth-order valence-corrected chi connectivity index (χ4v) is 2.50. The molecular formula is C19H19F5O2. The van der Waals surface area contributed by atoms with Gasteiger partial charge in [-0.1, -0.05) is 20.8 Å². The SMILES string of the molecule is CC.CC1COC(c2cc(F)c(-c3cc(F)c(F)c(F)c3)c(F)c2)OC1. The van der Waals surface area contributed by atoms with Crippen molar-refractivity contribution in [2.45, 2.75) is 27.1 Å². The molecule has 3 rings (SSSR count). The lowest BCUT2D eigenvalue weighted by Crippen LogP contribution is -2.25. The molecule has 0 aromatic heterocycles. The summed E-state index contributed by atoms with van der Waals surface area (Å²) in [5, 5.41) is 0. The summed E-state index contributed by atoms with van der Waals surface area (Å²) in [5.41, 5.74) is -0.975. The quantitative estimate of drug-likeness (QED) is 0.492. The minimum absolute atomic E-state index is 0.115. The molecule has 0 amide bonds. The van der Waals surface area contributed by atoms with Gasteiger partial charge in [0.25, 0.3) is 0 Å². The van der Waals surface area contributed by atoms with Crippen LogP contribution >= 0.6 is 0 Å². The highest BCUT2D eigenvalue weighted by molar-refractivity contribution is 5.65. The average molecular weight is 374 g/mol. The Morgan fingerprint density at radius 2 is 1.23 bits per heavy atom. The summed E-state index contributed by atoms with van der Waals surface area (Å²) in [5.74, 6) is -6.70. The molecular weight excluding hydrogens is 355 g/mol. The fourth-order valence-electron chi connectivity index (χ4n) is 2.50. The minimum Gasteiger partial charge on any atom is -0.348 e. The van der Waals surface area contributed by atoms with Crippen molar-refractivity contribution >= 4 is 0 Å². The molecule has 2 nitrogen and oxygen atoms in total. The topological polar surface area (TPSA) is 18.5 Å². The van der Waals surface area contributed by atoms with Crippen LogP contribution < -0.4 is 0 Å². The maximum atomic E-state index is 14.3. The fraction of sp³-hybridized carbons (Fsp3) is 0.368. The van der Waals surface area contributed by atoms with Crippen molar-refractivity contribution in [3.05, 3.63) is 58.9 Å². The molecule has 1 aliphatic rings. The Hall–Kier alpha value is -1.99. The van der Waals surface area contributed by atoms with E-state index >= 15 is 0 Å². The monoisotopic (exact) mass is 374 g/mol. The summed E-state index contributed by atoms with van der Waals surface area (Å²) in [6.07, 6.45) is -0.916. The molecule has 26 heavy (non-hydrogen) atoms. The van der Waals surface area contributed by atoms with Gasteiger partial charge in [0.05, 0.1) is 18.8 Å².